The fourth-order valence-corrected chi connectivity index (χ4v) is 2.76. The van der Waals surface area contributed by atoms with E-state index < -0.39 is 15.2 Å². The molecule has 0 amide bonds. The predicted molar refractivity (Wildman–Crippen MR) is 77.6 cm³/mol. The van der Waals surface area contributed by atoms with Crippen molar-refractivity contribution in [3.05, 3.63) is 40.5 Å². The van der Waals surface area contributed by atoms with Gasteiger partial charge in [0.2, 0.25) is 0 Å². The second-order valence-corrected chi connectivity index (χ2v) is 6.36. The lowest BCUT2D eigenvalue weighted by atomic mass is 10.1. The molecular formula is C11H7Cl2N5O2S. The Kier molecular flexibility index (Phi) is 3.33. The Bertz CT molecular complexity index is 934. The minimum Gasteiger partial charge on any atom is -0.222 e. The number of hydrogen-bond acceptors (Lipinski definition) is 5. The van der Waals surface area contributed by atoms with Crippen LogP contribution >= 0.6 is 23.2 Å². The van der Waals surface area contributed by atoms with E-state index in [9.17, 15) is 8.42 Å². The van der Waals surface area contributed by atoms with Gasteiger partial charge in [0.05, 0.1) is 15.7 Å². The Balaban J connectivity index is 2.22. The molecule has 2 aromatic heterocycles. The number of nitrogens with zero attached hydrogens (tertiary/aromatic N) is 4. The first-order valence-electron chi connectivity index (χ1n) is 5.57. The molecular weight excluding hydrogens is 337 g/mol. The molecule has 2 heterocycles. The zero-order chi connectivity index (χ0) is 15.2. The standard InChI is InChI=1S/C11H7Cl2N5O2S/c12-6-2-1-3-7(13)9(6)8-4-5-18-10(15-8)16-11(17-18)21(14,19)20/h1-5H,(H2,14,19,20). The van der Waals surface area contributed by atoms with E-state index in [1.165, 1.54) is 10.7 Å². The summed E-state index contributed by atoms with van der Waals surface area (Å²) < 4.78 is 23.7. The van der Waals surface area contributed by atoms with Crippen molar-refractivity contribution in [3.63, 3.8) is 0 Å². The summed E-state index contributed by atoms with van der Waals surface area (Å²) in [6.45, 7) is 0. The molecule has 3 aromatic rings. The van der Waals surface area contributed by atoms with E-state index in [-0.39, 0.29) is 5.78 Å². The van der Waals surface area contributed by atoms with Gasteiger partial charge in [0, 0.05) is 11.8 Å². The number of hydrogen-bond donors (Lipinski definition) is 1. The van der Waals surface area contributed by atoms with Crippen LogP contribution < -0.4 is 5.14 Å². The van der Waals surface area contributed by atoms with Crippen LogP contribution in [-0.2, 0) is 10.0 Å². The molecule has 0 aliphatic carbocycles. The molecule has 1 aromatic carbocycles. The van der Waals surface area contributed by atoms with Crippen molar-refractivity contribution in [2.45, 2.75) is 5.16 Å². The Morgan fingerprint density at radius 3 is 2.38 bits per heavy atom. The minimum atomic E-state index is -3.99. The second-order valence-electron chi connectivity index (χ2n) is 4.09. The third kappa shape index (κ3) is 2.58. The lowest BCUT2D eigenvalue weighted by Gasteiger charge is -2.05. The van der Waals surface area contributed by atoms with Gasteiger partial charge in [-0.3, -0.25) is 0 Å². The van der Waals surface area contributed by atoms with E-state index in [1.54, 1.807) is 24.3 Å². The Morgan fingerprint density at radius 2 is 1.76 bits per heavy atom. The molecule has 2 N–H and O–H groups in total. The van der Waals surface area contributed by atoms with Gasteiger partial charge in [-0.2, -0.15) is 4.98 Å². The van der Waals surface area contributed by atoms with Crippen LogP contribution in [0.2, 0.25) is 10.0 Å². The molecule has 21 heavy (non-hydrogen) atoms. The average molecular weight is 344 g/mol. The summed E-state index contributed by atoms with van der Waals surface area (Å²) in [7, 11) is -3.99. The van der Waals surface area contributed by atoms with E-state index in [0.717, 1.165) is 0 Å². The highest BCUT2D eigenvalue weighted by molar-refractivity contribution is 7.89. The van der Waals surface area contributed by atoms with Gasteiger partial charge in [-0.1, -0.05) is 29.3 Å². The molecule has 0 spiro atoms. The molecule has 108 valence electrons. The second kappa shape index (κ2) is 4.92. The topological polar surface area (TPSA) is 103 Å². The lowest BCUT2D eigenvalue weighted by Crippen LogP contribution is -2.14. The molecule has 0 bridgehead atoms. The summed E-state index contributed by atoms with van der Waals surface area (Å²) in [5, 5.41) is 9.05. The van der Waals surface area contributed by atoms with Crippen molar-refractivity contribution in [1.82, 2.24) is 19.6 Å². The summed E-state index contributed by atoms with van der Waals surface area (Å²) in [6, 6.07) is 6.66. The predicted octanol–water partition coefficient (Wildman–Crippen LogP) is 1.75. The number of aromatic nitrogens is 4. The van der Waals surface area contributed by atoms with Gasteiger partial charge in [0.1, 0.15) is 0 Å². The van der Waals surface area contributed by atoms with E-state index in [2.05, 4.69) is 15.1 Å². The number of halogens is 2. The molecule has 0 fully saturated rings. The highest BCUT2D eigenvalue weighted by Gasteiger charge is 2.17. The van der Waals surface area contributed by atoms with E-state index in [1.807, 2.05) is 0 Å². The van der Waals surface area contributed by atoms with Crippen molar-refractivity contribution in [3.8, 4) is 11.3 Å². The van der Waals surface area contributed by atoms with Gasteiger partial charge in [-0.15, -0.1) is 5.10 Å². The van der Waals surface area contributed by atoms with Gasteiger partial charge in [0.25, 0.3) is 21.0 Å². The smallest absolute Gasteiger partial charge is 0.222 e. The van der Waals surface area contributed by atoms with E-state index >= 15 is 0 Å². The van der Waals surface area contributed by atoms with Crippen LogP contribution in [0.5, 0.6) is 0 Å². The first-order chi connectivity index (χ1) is 9.86. The zero-order valence-corrected chi connectivity index (χ0v) is 12.6. The Labute approximate surface area is 129 Å². The zero-order valence-electron chi connectivity index (χ0n) is 10.2. The van der Waals surface area contributed by atoms with Crippen molar-refractivity contribution in [2.75, 3.05) is 0 Å². The fourth-order valence-electron chi connectivity index (χ4n) is 1.76. The van der Waals surface area contributed by atoms with Crippen LogP contribution in [0.25, 0.3) is 17.0 Å². The Hall–Kier alpha value is -1.74. The van der Waals surface area contributed by atoms with Gasteiger partial charge in [-0.05, 0) is 18.2 Å². The summed E-state index contributed by atoms with van der Waals surface area (Å²) in [4.78, 5) is 7.97. The van der Waals surface area contributed by atoms with Crippen molar-refractivity contribution in [2.24, 2.45) is 5.14 Å². The number of primary sulfonamides is 1. The highest BCUT2D eigenvalue weighted by Crippen LogP contribution is 2.33. The van der Waals surface area contributed by atoms with Crippen molar-refractivity contribution in [1.29, 1.82) is 0 Å². The quantitative estimate of drug-likeness (QED) is 0.763. The first kappa shape index (κ1) is 14.2. The number of fused-ring (bicyclic) bond motifs is 1. The third-order valence-electron chi connectivity index (χ3n) is 2.66. The lowest BCUT2D eigenvalue weighted by molar-refractivity contribution is 0.588. The molecule has 7 nitrogen and oxygen atoms in total. The maximum atomic E-state index is 11.2. The molecule has 0 saturated heterocycles. The third-order valence-corrected chi connectivity index (χ3v) is 3.97. The van der Waals surface area contributed by atoms with Crippen LogP contribution in [0, 0.1) is 0 Å². The average Bonchev–Trinajstić information content (AvgIpc) is 2.81. The first-order valence-corrected chi connectivity index (χ1v) is 7.87. The SMILES string of the molecule is NS(=O)(=O)c1nc2nc(-c3c(Cl)cccc3Cl)ccn2n1. The monoisotopic (exact) mass is 343 g/mol. The minimum absolute atomic E-state index is 0.0764. The molecule has 0 radical (unpaired) electrons. The molecule has 0 aliphatic heterocycles. The summed E-state index contributed by atoms with van der Waals surface area (Å²) in [5.41, 5.74) is 0.981. The van der Waals surface area contributed by atoms with Crippen LogP contribution in [-0.4, -0.2) is 28.0 Å². The molecule has 0 unspecified atom stereocenters. The number of nitrogens with two attached hydrogens (primary N) is 1. The largest absolute Gasteiger partial charge is 0.284 e. The summed E-state index contributed by atoms with van der Waals surface area (Å²) in [5.74, 6) is 0.0764. The highest BCUT2D eigenvalue weighted by atomic mass is 35.5. The maximum Gasteiger partial charge on any atom is 0.284 e. The van der Waals surface area contributed by atoms with Crippen LogP contribution in [0.4, 0.5) is 0 Å². The maximum absolute atomic E-state index is 11.2. The van der Waals surface area contributed by atoms with Crippen molar-refractivity contribution < 1.29 is 8.42 Å². The van der Waals surface area contributed by atoms with Gasteiger partial charge < -0.3 is 0 Å². The Morgan fingerprint density at radius 1 is 1.10 bits per heavy atom. The summed E-state index contributed by atoms with van der Waals surface area (Å²) in [6.07, 6.45) is 1.50. The van der Waals surface area contributed by atoms with Gasteiger partial charge in [-0.25, -0.2) is 23.1 Å². The normalized spacial score (nSPS) is 12.0. The van der Waals surface area contributed by atoms with Gasteiger partial charge >= 0.3 is 0 Å². The van der Waals surface area contributed by atoms with Crippen LogP contribution in [0.15, 0.2) is 35.6 Å². The molecule has 3 rings (SSSR count). The number of sulfonamides is 1. The number of benzene rings is 1. The molecule has 0 saturated carbocycles. The summed E-state index contributed by atoms with van der Waals surface area (Å²) >= 11 is 12.2. The van der Waals surface area contributed by atoms with Crippen LogP contribution in [0.1, 0.15) is 0 Å². The van der Waals surface area contributed by atoms with Crippen LogP contribution in [0.3, 0.4) is 0 Å². The molecule has 0 atom stereocenters. The van der Waals surface area contributed by atoms with Gasteiger partial charge in [0.15, 0.2) is 0 Å². The molecule has 0 aliphatic rings. The number of rotatable bonds is 2. The van der Waals surface area contributed by atoms with E-state index in [4.69, 9.17) is 28.3 Å². The molecule has 10 heteroatoms. The van der Waals surface area contributed by atoms with Crippen molar-refractivity contribution >= 4 is 39.0 Å². The fraction of sp³-hybridized carbons (Fsp3) is 0. The van der Waals surface area contributed by atoms with E-state index in [0.29, 0.717) is 21.3 Å².